The Morgan fingerprint density at radius 3 is 1.04 bits per heavy atom. The van der Waals surface area contributed by atoms with E-state index in [-0.39, 0.29) is 24.9 Å². The van der Waals surface area contributed by atoms with Crippen molar-refractivity contribution in [2.45, 2.75) is 367 Å². The summed E-state index contributed by atoms with van der Waals surface area (Å²) in [5, 5.41) is 3.05. The third kappa shape index (κ3) is 69.4. The van der Waals surface area contributed by atoms with Crippen molar-refractivity contribution in [1.29, 1.82) is 0 Å². The number of carbonyl (C=O) groups is 2. The van der Waals surface area contributed by atoms with Gasteiger partial charge in [-0.3, -0.25) is 14.2 Å². The summed E-state index contributed by atoms with van der Waals surface area (Å²) in [6.45, 7) is 6.83. The molecule has 0 fully saturated rings. The smallest absolute Gasteiger partial charge is 0.306 e. The molecule has 0 bridgehead atoms. The fourth-order valence-electron chi connectivity index (χ4n) is 11.0. The molecule has 0 spiro atoms. The number of rotatable bonds is 69. The van der Waals surface area contributed by atoms with E-state index in [9.17, 15) is 19.0 Å². The number of phosphoric acid groups is 1. The Morgan fingerprint density at radius 2 is 0.685 bits per heavy atom. The van der Waals surface area contributed by atoms with E-state index < -0.39 is 26.6 Å². The van der Waals surface area contributed by atoms with Crippen molar-refractivity contribution in [2.24, 2.45) is 0 Å². The summed E-state index contributed by atoms with van der Waals surface area (Å²) in [4.78, 5) is 40.3. The molecule has 0 rings (SSSR count). The SMILES string of the molecule is CCCCC/C=C\C/C=C\C/C=C\CCCCCCCCCCCCCCCCC(=O)OC(/C=C/CCCCCCCCCCCCC)C(COP(=O)([O-])OCC[N+](C)(C)C)NC(=O)CCCCCCCCCCCC/C=C\C/C=C\C/C=C\CCCCC. The molecule has 0 saturated carbocycles. The van der Waals surface area contributed by atoms with E-state index in [4.69, 9.17) is 13.8 Å². The lowest BCUT2D eigenvalue weighted by Gasteiger charge is -2.30. The fourth-order valence-corrected chi connectivity index (χ4v) is 11.7. The third-order valence-corrected chi connectivity index (χ3v) is 17.8. The van der Waals surface area contributed by atoms with Crippen molar-refractivity contribution in [3.63, 3.8) is 0 Å². The molecular formula is C79H145N2O7P. The standard InChI is InChI=1S/C79H145N2O7P/c1-7-10-13-16-19-22-25-28-30-32-34-36-38-39-40-41-43-45-47-49-51-54-57-60-63-66-69-72-79(83)88-77(70-67-64-61-58-55-52-27-24-21-18-15-12-9-3)76(75-87-89(84,85)86-74-73-81(4,5)6)80-78(82)71-68-65-62-59-56-53-50-48-46-44-42-37-35-33-31-29-26-23-20-17-14-11-8-2/h19-20,22-23,28-31,34-37,67,70,76-77H,7-18,21,24-27,32-33,38-66,68-69,71-75H2,1-6H3,(H-,80,82,84,85)/b22-19-,23-20-,30-28-,31-29-,36-34-,37-35-,70-67+. The molecule has 0 saturated heterocycles. The number of nitrogens with one attached hydrogen (secondary N) is 1. The maximum atomic E-state index is 13.6. The first-order valence-electron chi connectivity index (χ1n) is 37.9. The summed E-state index contributed by atoms with van der Waals surface area (Å²) in [5.74, 6) is -0.535. The number of allylic oxidation sites excluding steroid dienone is 13. The van der Waals surface area contributed by atoms with Crippen LogP contribution < -0.4 is 10.2 Å². The van der Waals surface area contributed by atoms with Gasteiger partial charge in [-0.25, -0.2) is 0 Å². The second kappa shape index (κ2) is 68.1. The Morgan fingerprint density at radius 1 is 0.393 bits per heavy atom. The molecule has 3 atom stereocenters. The van der Waals surface area contributed by atoms with Gasteiger partial charge in [-0.2, -0.15) is 0 Å². The van der Waals surface area contributed by atoms with Crippen molar-refractivity contribution < 1.29 is 37.3 Å². The number of likely N-dealkylation sites (N-methyl/N-ethyl adjacent to an activating group) is 1. The van der Waals surface area contributed by atoms with Gasteiger partial charge in [0.05, 0.1) is 33.8 Å². The topological polar surface area (TPSA) is 114 Å². The van der Waals surface area contributed by atoms with E-state index in [0.717, 1.165) is 96.3 Å². The second-order valence-corrected chi connectivity index (χ2v) is 28.2. The molecule has 10 heteroatoms. The first kappa shape index (κ1) is 86.2. The average molecular weight is 1270 g/mol. The lowest BCUT2D eigenvalue weighted by Crippen LogP contribution is -2.47. The Bertz CT molecular complexity index is 1800. The van der Waals surface area contributed by atoms with Crippen LogP contribution in [0.2, 0.25) is 0 Å². The lowest BCUT2D eigenvalue weighted by atomic mass is 10.0. The van der Waals surface area contributed by atoms with E-state index in [0.29, 0.717) is 17.4 Å². The molecule has 3 unspecified atom stereocenters. The van der Waals surface area contributed by atoms with Crippen LogP contribution in [-0.2, 0) is 27.9 Å². The minimum atomic E-state index is -4.71. The lowest BCUT2D eigenvalue weighted by molar-refractivity contribution is -0.870. The Labute approximate surface area is 552 Å². The zero-order valence-corrected chi connectivity index (χ0v) is 60.3. The second-order valence-electron chi connectivity index (χ2n) is 26.8. The van der Waals surface area contributed by atoms with E-state index in [1.807, 2.05) is 33.3 Å². The number of hydrogen-bond acceptors (Lipinski definition) is 7. The van der Waals surface area contributed by atoms with Crippen LogP contribution >= 0.6 is 7.82 Å². The summed E-state index contributed by atoms with van der Waals surface area (Å²) < 4.78 is 30.5. The number of hydrogen-bond donors (Lipinski definition) is 1. The molecule has 0 aliphatic carbocycles. The Kier molecular flexibility index (Phi) is 65.9. The Balaban J connectivity index is 5.03. The van der Waals surface area contributed by atoms with E-state index in [1.54, 1.807) is 0 Å². The van der Waals surface area contributed by atoms with Gasteiger partial charge >= 0.3 is 5.97 Å². The molecule has 0 aliphatic rings. The summed E-state index contributed by atoms with van der Waals surface area (Å²) in [7, 11) is 1.19. The van der Waals surface area contributed by atoms with E-state index >= 15 is 0 Å². The summed E-state index contributed by atoms with van der Waals surface area (Å²) in [6, 6.07) is -0.895. The van der Waals surface area contributed by atoms with Crippen molar-refractivity contribution in [3.05, 3.63) is 85.1 Å². The molecule has 0 radical (unpaired) electrons. The molecule has 518 valence electrons. The van der Waals surface area contributed by atoms with Crippen LogP contribution in [-0.4, -0.2) is 69.4 Å². The number of amides is 1. The highest BCUT2D eigenvalue weighted by atomic mass is 31.2. The predicted octanol–water partition coefficient (Wildman–Crippen LogP) is 23.8. The van der Waals surface area contributed by atoms with Gasteiger partial charge in [0.25, 0.3) is 7.82 Å². The minimum absolute atomic E-state index is 0.0248. The summed E-state index contributed by atoms with van der Waals surface area (Å²) in [5.41, 5.74) is 0. The van der Waals surface area contributed by atoms with Gasteiger partial charge < -0.3 is 28.5 Å². The number of nitrogens with zero attached hydrogens (tertiary/aromatic N) is 1. The van der Waals surface area contributed by atoms with Crippen LogP contribution in [0.4, 0.5) is 0 Å². The number of esters is 1. The van der Waals surface area contributed by atoms with Crippen LogP contribution in [0.5, 0.6) is 0 Å². The Hall–Kier alpha value is -2.81. The van der Waals surface area contributed by atoms with Crippen molar-refractivity contribution in [2.75, 3.05) is 40.9 Å². The quantitative estimate of drug-likeness (QED) is 0.0212. The molecule has 89 heavy (non-hydrogen) atoms. The number of carbonyl (C=O) groups excluding carboxylic acids is 2. The molecular weight excluding hydrogens is 1120 g/mol. The van der Waals surface area contributed by atoms with Crippen molar-refractivity contribution >= 4 is 19.7 Å². The first-order chi connectivity index (χ1) is 43.4. The highest BCUT2D eigenvalue weighted by Crippen LogP contribution is 2.38. The zero-order valence-electron chi connectivity index (χ0n) is 59.4. The molecule has 0 aromatic rings. The summed E-state index contributed by atoms with van der Waals surface area (Å²) in [6.07, 6.45) is 91.4. The van der Waals surface area contributed by atoms with Crippen LogP contribution in [0.25, 0.3) is 0 Å². The van der Waals surface area contributed by atoms with Crippen LogP contribution in [0.3, 0.4) is 0 Å². The minimum Gasteiger partial charge on any atom is -0.756 e. The number of quaternary nitrogens is 1. The van der Waals surface area contributed by atoms with Crippen LogP contribution in [0.15, 0.2) is 85.1 Å². The average Bonchev–Trinajstić information content (AvgIpc) is 3.63. The largest absolute Gasteiger partial charge is 0.756 e. The molecule has 0 heterocycles. The number of ether oxygens (including phenoxy) is 1. The van der Waals surface area contributed by atoms with Gasteiger partial charge in [0, 0.05) is 12.8 Å². The van der Waals surface area contributed by atoms with Crippen molar-refractivity contribution in [3.8, 4) is 0 Å². The van der Waals surface area contributed by atoms with Gasteiger partial charge in [0.15, 0.2) is 0 Å². The third-order valence-electron chi connectivity index (χ3n) is 16.8. The highest BCUT2D eigenvalue weighted by molar-refractivity contribution is 7.45. The first-order valence-corrected chi connectivity index (χ1v) is 39.4. The molecule has 0 aromatic heterocycles. The van der Waals surface area contributed by atoms with Gasteiger partial charge in [-0.1, -0.05) is 318 Å². The van der Waals surface area contributed by atoms with Gasteiger partial charge in [0.1, 0.15) is 19.3 Å². The summed E-state index contributed by atoms with van der Waals surface area (Å²) >= 11 is 0. The molecule has 1 amide bonds. The van der Waals surface area contributed by atoms with Gasteiger partial charge in [0.2, 0.25) is 5.91 Å². The zero-order chi connectivity index (χ0) is 64.9. The molecule has 0 aromatic carbocycles. The monoisotopic (exact) mass is 1270 g/mol. The maximum Gasteiger partial charge on any atom is 0.306 e. The fraction of sp³-hybridized carbons (Fsp3) is 0.797. The van der Waals surface area contributed by atoms with Crippen LogP contribution in [0, 0.1) is 0 Å². The highest BCUT2D eigenvalue weighted by Gasteiger charge is 2.27. The number of phosphoric ester groups is 1. The molecule has 0 aliphatic heterocycles. The van der Waals surface area contributed by atoms with Gasteiger partial charge in [-0.15, -0.1) is 0 Å². The van der Waals surface area contributed by atoms with Crippen LogP contribution in [0.1, 0.15) is 355 Å². The van der Waals surface area contributed by atoms with Crippen molar-refractivity contribution in [1.82, 2.24) is 5.32 Å². The van der Waals surface area contributed by atoms with E-state index in [2.05, 4.69) is 99.0 Å². The predicted molar refractivity (Wildman–Crippen MR) is 385 cm³/mol. The number of unbranched alkanes of at least 4 members (excludes halogenated alkanes) is 41. The molecule has 1 N–H and O–H groups in total. The normalized spacial score (nSPS) is 13.9. The maximum absolute atomic E-state index is 13.6. The molecule has 9 nitrogen and oxygen atoms in total. The van der Waals surface area contributed by atoms with E-state index in [1.165, 1.54) is 225 Å². The van der Waals surface area contributed by atoms with Gasteiger partial charge in [-0.05, 0) is 109 Å².